The van der Waals surface area contributed by atoms with Crippen LogP contribution in [0.2, 0.25) is 0 Å². The fourth-order valence-corrected chi connectivity index (χ4v) is 2.29. The van der Waals surface area contributed by atoms with Crippen molar-refractivity contribution in [1.82, 2.24) is 0 Å². The molecule has 0 saturated heterocycles. The van der Waals surface area contributed by atoms with E-state index >= 15 is 0 Å². The van der Waals surface area contributed by atoms with Crippen LogP contribution in [0.15, 0.2) is 48.5 Å². The van der Waals surface area contributed by atoms with Gasteiger partial charge < -0.3 is 24.8 Å². The van der Waals surface area contributed by atoms with Crippen LogP contribution in [0.4, 0.5) is 11.4 Å². The Kier molecular flexibility index (Phi) is 8.45. The van der Waals surface area contributed by atoms with Crippen LogP contribution >= 0.6 is 0 Å². The Bertz CT molecular complexity index is 721. The maximum Gasteiger partial charge on any atom is 0.243 e. The van der Waals surface area contributed by atoms with Gasteiger partial charge in [-0.1, -0.05) is 19.1 Å². The van der Waals surface area contributed by atoms with Gasteiger partial charge in [-0.25, -0.2) is 0 Å². The molecule has 0 aliphatic heterocycles. The van der Waals surface area contributed by atoms with E-state index in [2.05, 4.69) is 17.6 Å². The first kappa shape index (κ1) is 20.6. The zero-order valence-electron chi connectivity index (χ0n) is 16.2. The minimum atomic E-state index is -0.138. The van der Waals surface area contributed by atoms with Gasteiger partial charge in [0.2, 0.25) is 5.91 Å². The first-order chi connectivity index (χ1) is 13.1. The fraction of sp³-hybridized carbons (Fsp3) is 0.381. The third kappa shape index (κ3) is 7.58. The molecule has 0 bridgehead atoms. The molecule has 0 saturated carbocycles. The minimum absolute atomic E-state index is 0.135. The van der Waals surface area contributed by atoms with Crippen molar-refractivity contribution in [2.24, 2.45) is 0 Å². The molecular weight excluding hydrogens is 344 g/mol. The zero-order chi connectivity index (χ0) is 19.5. The van der Waals surface area contributed by atoms with Gasteiger partial charge in [0, 0.05) is 30.6 Å². The monoisotopic (exact) mass is 372 g/mol. The van der Waals surface area contributed by atoms with E-state index in [0.717, 1.165) is 23.6 Å². The molecule has 0 spiro atoms. The van der Waals surface area contributed by atoms with Crippen LogP contribution in [0.1, 0.15) is 20.3 Å². The lowest BCUT2D eigenvalue weighted by molar-refractivity contribution is -0.114. The topological polar surface area (TPSA) is 68.8 Å². The van der Waals surface area contributed by atoms with Gasteiger partial charge >= 0.3 is 0 Å². The van der Waals surface area contributed by atoms with E-state index in [1.54, 1.807) is 7.11 Å². The number of amides is 1. The molecule has 2 N–H and O–H groups in total. The highest BCUT2D eigenvalue weighted by Gasteiger charge is 2.06. The van der Waals surface area contributed by atoms with Crippen LogP contribution in [-0.2, 0) is 9.53 Å². The molecule has 146 valence electrons. The molecule has 1 atom stereocenters. The molecule has 6 nitrogen and oxygen atoms in total. The van der Waals surface area contributed by atoms with Gasteiger partial charge in [0.15, 0.2) is 0 Å². The minimum Gasteiger partial charge on any atom is -0.491 e. The lowest BCUT2D eigenvalue weighted by Gasteiger charge is -2.14. The highest BCUT2D eigenvalue weighted by molar-refractivity contribution is 5.93. The molecule has 1 amide bonds. The van der Waals surface area contributed by atoms with Crippen LogP contribution in [0.5, 0.6) is 11.5 Å². The van der Waals surface area contributed by atoms with Crippen LogP contribution in [0.3, 0.4) is 0 Å². The van der Waals surface area contributed by atoms with Crippen LogP contribution in [-0.4, -0.2) is 38.9 Å². The second-order valence-corrected chi connectivity index (χ2v) is 6.14. The molecule has 2 aromatic carbocycles. The lowest BCUT2D eigenvalue weighted by Crippen LogP contribution is -2.21. The summed E-state index contributed by atoms with van der Waals surface area (Å²) in [5.74, 6) is 1.34. The second-order valence-electron chi connectivity index (χ2n) is 6.14. The summed E-state index contributed by atoms with van der Waals surface area (Å²) in [4.78, 5) is 12.2. The quantitative estimate of drug-likeness (QED) is 0.585. The van der Waals surface area contributed by atoms with Crippen molar-refractivity contribution in [3.8, 4) is 11.5 Å². The van der Waals surface area contributed by atoms with E-state index < -0.39 is 0 Å². The zero-order valence-corrected chi connectivity index (χ0v) is 16.2. The number of hydrogen-bond acceptors (Lipinski definition) is 5. The van der Waals surface area contributed by atoms with E-state index in [1.807, 2.05) is 55.5 Å². The van der Waals surface area contributed by atoms with Crippen LogP contribution in [0.25, 0.3) is 0 Å². The smallest absolute Gasteiger partial charge is 0.243 e. The molecule has 0 heterocycles. The van der Waals surface area contributed by atoms with E-state index in [-0.39, 0.29) is 18.6 Å². The number of carbonyl (C=O) groups is 1. The molecule has 2 rings (SSSR count). The number of carbonyl (C=O) groups excluding carboxylic acids is 1. The van der Waals surface area contributed by atoms with Crippen molar-refractivity contribution in [1.29, 1.82) is 0 Å². The number of anilines is 2. The third-order valence-electron chi connectivity index (χ3n) is 3.87. The maximum atomic E-state index is 12.2. The lowest BCUT2D eigenvalue weighted by atomic mass is 10.2. The third-order valence-corrected chi connectivity index (χ3v) is 3.87. The maximum absolute atomic E-state index is 12.2. The highest BCUT2D eigenvalue weighted by Crippen LogP contribution is 2.20. The molecule has 1 unspecified atom stereocenters. The summed E-state index contributed by atoms with van der Waals surface area (Å²) in [6.07, 6.45) is 1.06. The Balaban J connectivity index is 1.84. The Labute approximate surface area is 160 Å². The fourth-order valence-electron chi connectivity index (χ4n) is 2.29. The predicted octanol–water partition coefficient (Wildman–Crippen LogP) is 3.94. The molecule has 0 fully saturated rings. The number of hydrogen-bond donors (Lipinski definition) is 2. The predicted molar refractivity (Wildman–Crippen MR) is 108 cm³/mol. The van der Waals surface area contributed by atoms with Crippen molar-refractivity contribution in [3.05, 3.63) is 48.5 Å². The normalized spacial score (nSPS) is 11.5. The van der Waals surface area contributed by atoms with Crippen LogP contribution < -0.4 is 20.1 Å². The number of ether oxygens (including phenoxy) is 3. The molecule has 0 aliphatic rings. The summed E-state index contributed by atoms with van der Waals surface area (Å²) in [6.45, 7) is 5.25. The van der Waals surface area contributed by atoms with Gasteiger partial charge in [0.25, 0.3) is 0 Å². The van der Waals surface area contributed by atoms with E-state index in [4.69, 9.17) is 14.2 Å². The largest absolute Gasteiger partial charge is 0.491 e. The average Bonchev–Trinajstić information content (AvgIpc) is 2.67. The molecule has 6 heteroatoms. The van der Waals surface area contributed by atoms with E-state index in [0.29, 0.717) is 18.9 Å². The summed E-state index contributed by atoms with van der Waals surface area (Å²) in [7, 11) is 1.63. The molecule has 27 heavy (non-hydrogen) atoms. The summed E-state index contributed by atoms with van der Waals surface area (Å²) in [5, 5.41) is 5.97. The number of rotatable bonds is 11. The van der Waals surface area contributed by atoms with Crippen molar-refractivity contribution in [2.75, 3.05) is 37.5 Å². The van der Waals surface area contributed by atoms with Gasteiger partial charge in [-0.3, -0.25) is 4.79 Å². The molecule has 0 aliphatic carbocycles. The van der Waals surface area contributed by atoms with Crippen molar-refractivity contribution in [3.63, 3.8) is 0 Å². The Morgan fingerprint density at radius 1 is 1.04 bits per heavy atom. The van der Waals surface area contributed by atoms with Crippen molar-refractivity contribution in [2.45, 2.75) is 26.4 Å². The SMILES string of the molecule is CCC(C)Oc1cccc(NC(=O)CNc2cccc(OCCOC)c2)c1. The van der Waals surface area contributed by atoms with Crippen molar-refractivity contribution >= 4 is 17.3 Å². The highest BCUT2D eigenvalue weighted by atomic mass is 16.5. The Morgan fingerprint density at radius 2 is 1.74 bits per heavy atom. The molecule has 0 aromatic heterocycles. The Hall–Kier alpha value is -2.73. The van der Waals surface area contributed by atoms with Crippen molar-refractivity contribution < 1.29 is 19.0 Å². The summed E-state index contributed by atoms with van der Waals surface area (Å²) in [6, 6.07) is 14.9. The number of methoxy groups -OCH3 is 1. The molecular formula is C21H28N2O4. The van der Waals surface area contributed by atoms with Gasteiger partial charge in [0.1, 0.15) is 18.1 Å². The van der Waals surface area contributed by atoms with Gasteiger partial charge in [-0.15, -0.1) is 0 Å². The molecule has 2 aromatic rings. The van der Waals surface area contributed by atoms with E-state index in [9.17, 15) is 4.79 Å². The van der Waals surface area contributed by atoms with Gasteiger partial charge in [-0.2, -0.15) is 0 Å². The van der Waals surface area contributed by atoms with Gasteiger partial charge in [0.05, 0.1) is 19.3 Å². The van der Waals surface area contributed by atoms with Gasteiger partial charge in [-0.05, 0) is 37.6 Å². The first-order valence-electron chi connectivity index (χ1n) is 9.13. The number of nitrogens with one attached hydrogen (secondary N) is 2. The Morgan fingerprint density at radius 3 is 2.48 bits per heavy atom. The standard InChI is InChI=1S/C21H28N2O4/c1-4-16(2)27-20-10-6-8-18(14-20)23-21(24)15-22-17-7-5-9-19(13-17)26-12-11-25-3/h5-10,13-14,16,22H,4,11-12,15H2,1-3H3,(H,23,24). The number of benzene rings is 2. The van der Waals surface area contributed by atoms with Crippen LogP contribution in [0, 0.1) is 0 Å². The summed E-state index contributed by atoms with van der Waals surface area (Å²) in [5.41, 5.74) is 1.52. The average molecular weight is 372 g/mol. The molecule has 0 radical (unpaired) electrons. The van der Waals surface area contributed by atoms with E-state index in [1.165, 1.54) is 0 Å². The second kappa shape index (κ2) is 11.1. The summed E-state index contributed by atoms with van der Waals surface area (Å²) < 4.78 is 16.3. The summed E-state index contributed by atoms with van der Waals surface area (Å²) >= 11 is 0. The first-order valence-corrected chi connectivity index (χ1v) is 9.13.